The number of halogens is 2. The molecule has 0 aliphatic rings. The second-order valence-corrected chi connectivity index (χ2v) is 5.98. The quantitative estimate of drug-likeness (QED) is 0.673. The number of fused-ring (bicyclic) bond motifs is 1. The van der Waals surface area contributed by atoms with E-state index in [0.717, 1.165) is 12.0 Å². The Morgan fingerprint density at radius 2 is 2.09 bits per heavy atom. The number of aromatic nitrogens is 1. The van der Waals surface area contributed by atoms with Crippen molar-refractivity contribution in [2.45, 2.75) is 19.8 Å². The first kappa shape index (κ1) is 15.8. The second-order valence-electron chi connectivity index (χ2n) is 5.13. The van der Waals surface area contributed by atoms with Crippen LogP contribution in [0.1, 0.15) is 19.8 Å². The van der Waals surface area contributed by atoms with Crippen LogP contribution in [0.3, 0.4) is 0 Å². The zero-order valence-corrected chi connectivity index (χ0v) is 13.9. The zero-order chi connectivity index (χ0) is 16.4. The van der Waals surface area contributed by atoms with Crippen molar-refractivity contribution in [2.24, 2.45) is 0 Å². The normalized spacial score (nSPS) is 10.9. The molecule has 4 nitrogen and oxygen atoms in total. The molecule has 6 heteroatoms. The first-order valence-electron chi connectivity index (χ1n) is 7.22. The number of nitrogens with one attached hydrogen (secondary N) is 1. The van der Waals surface area contributed by atoms with Crippen LogP contribution in [0.15, 0.2) is 40.8 Å². The summed E-state index contributed by atoms with van der Waals surface area (Å²) in [4.78, 5) is 16.1. The van der Waals surface area contributed by atoms with Gasteiger partial charge in [-0.3, -0.25) is 4.79 Å². The lowest BCUT2D eigenvalue weighted by Crippen LogP contribution is -2.10. The minimum Gasteiger partial charge on any atom is -0.435 e. The number of hydrogen-bond donors (Lipinski definition) is 1. The molecule has 1 heterocycles. The summed E-state index contributed by atoms with van der Waals surface area (Å²) in [5, 5.41) is 3.77. The summed E-state index contributed by atoms with van der Waals surface area (Å²) in [7, 11) is 0. The van der Waals surface area contributed by atoms with E-state index in [0.29, 0.717) is 39.1 Å². The molecule has 23 heavy (non-hydrogen) atoms. The molecule has 0 spiro atoms. The maximum atomic E-state index is 11.7. The highest BCUT2D eigenvalue weighted by molar-refractivity contribution is 6.38. The molecule has 0 unspecified atom stereocenters. The molecule has 0 saturated carbocycles. The molecule has 0 radical (unpaired) electrons. The summed E-state index contributed by atoms with van der Waals surface area (Å²) < 4.78 is 5.73. The number of carbonyl (C=O) groups is 1. The molecule has 0 fully saturated rings. The molecule has 1 amide bonds. The molecular formula is C17H14Cl2N2O2. The fourth-order valence-corrected chi connectivity index (χ4v) is 2.79. The highest BCUT2D eigenvalue weighted by Crippen LogP contribution is 2.32. The van der Waals surface area contributed by atoms with Crippen LogP contribution in [-0.2, 0) is 4.79 Å². The van der Waals surface area contributed by atoms with Crippen LogP contribution in [0, 0.1) is 0 Å². The number of hydrogen-bond acceptors (Lipinski definition) is 3. The van der Waals surface area contributed by atoms with Crippen LogP contribution in [-0.4, -0.2) is 10.9 Å². The van der Waals surface area contributed by atoms with E-state index >= 15 is 0 Å². The van der Waals surface area contributed by atoms with E-state index in [1.807, 2.05) is 31.2 Å². The van der Waals surface area contributed by atoms with Gasteiger partial charge in [0.05, 0.1) is 5.02 Å². The first-order valence-corrected chi connectivity index (χ1v) is 7.98. The first-order chi connectivity index (χ1) is 11.1. The van der Waals surface area contributed by atoms with Gasteiger partial charge in [0.15, 0.2) is 5.58 Å². The van der Waals surface area contributed by atoms with E-state index in [-0.39, 0.29) is 5.91 Å². The van der Waals surface area contributed by atoms with Gasteiger partial charge in [0.1, 0.15) is 5.52 Å². The van der Waals surface area contributed by atoms with Gasteiger partial charge in [0.2, 0.25) is 11.8 Å². The van der Waals surface area contributed by atoms with Gasteiger partial charge < -0.3 is 9.73 Å². The molecule has 3 aromatic rings. The molecule has 1 N–H and O–H groups in total. The topological polar surface area (TPSA) is 55.1 Å². The number of oxazole rings is 1. The van der Waals surface area contributed by atoms with Gasteiger partial charge >= 0.3 is 0 Å². The van der Waals surface area contributed by atoms with Gasteiger partial charge in [-0.25, -0.2) is 4.98 Å². The average Bonchev–Trinajstić information content (AvgIpc) is 2.92. The van der Waals surface area contributed by atoms with Crippen molar-refractivity contribution in [3.8, 4) is 11.5 Å². The van der Waals surface area contributed by atoms with Crippen LogP contribution < -0.4 is 5.32 Å². The van der Waals surface area contributed by atoms with E-state index in [2.05, 4.69) is 10.3 Å². The van der Waals surface area contributed by atoms with Crippen molar-refractivity contribution in [3.63, 3.8) is 0 Å². The predicted octanol–water partition coefficient (Wildman–Crippen LogP) is 5.54. The zero-order valence-electron chi connectivity index (χ0n) is 12.4. The maximum absolute atomic E-state index is 11.7. The van der Waals surface area contributed by atoms with Gasteiger partial charge in [0.25, 0.3) is 0 Å². The SMILES string of the molecule is CCCC(=O)Nc1cccc(-c2nc3cc(Cl)cc(Cl)c3o2)c1. The third-order valence-electron chi connectivity index (χ3n) is 3.28. The van der Waals surface area contributed by atoms with Gasteiger partial charge in [-0.2, -0.15) is 0 Å². The summed E-state index contributed by atoms with van der Waals surface area (Å²) in [6.45, 7) is 1.96. The molecule has 0 aliphatic heterocycles. The van der Waals surface area contributed by atoms with E-state index in [1.165, 1.54) is 0 Å². The van der Waals surface area contributed by atoms with Crippen LogP contribution in [0.5, 0.6) is 0 Å². The van der Waals surface area contributed by atoms with Crippen LogP contribution in [0.2, 0.25) is 10.0 Å². The summed E-state index contributed by atoms with van der Waals surface area (Å²) >= 11 is 12.1. The monoisotopic (exact) mass is 348 g/mol. The third kappa shape index (κ3) is 3.49. The smallest absolute Gasteiger partial charge is 0.227 e. The Morgan fingerprint density at radius 3 is 2.87 bits per heavy atom. The van der Waals surface area contributed by atoms with Gasteiger partial charge in [0, 0.05) is 22.7 Å². The molecule has 3 rings (SSSR count). The summed E-state index contributed by atoms with van der Waals surface area (Å²) in [6, 6.07) is 10.6. The maximum Gasteiger partial charge on any atom is 0.227 e. The van der Waals surface area contributed by atoms with Crippen LogP contribution >= 0.6 is 23.2 Å². The predicted molar refractivity (Wildman–Crippen MR) is 93.0 cm³/mol. The van der Waals surface area contributed by atoms with Crippen molar-refractivity contribution in [1.29, 1.82) is 0 Å². The number of benzene rings is 2. The summed E-state index contributed by atoms with van der Waals surface area (Å²) in [5.41, 5.74) is 2.54. The standard InChI is InChI=1S/C17H14Cl2N2O2/c1-2-4-15(22)20-12-6-3-5-10(7-12)17-21-14-9-11(18)8-13(19)16(14)23-17/h3,5-9H,2,4H2,1H3,(H,20,22). The van der Waals surface area contributed by atoms with Gasteiger partial charge in [-0.15, -0.1) is 0 Å². The molecule has 0 aliphatic carbocycles. The van der Waals surface area contributed by atoms with Crippen molar-refractivity contribution in [2.75, 3.05) is 5.32 Å². The van der Waals surface area contributed by atoms with Crippen LogP contribution in [0.4, 0.5) is 5.69 Å². The van der Waals surface area contributed by atoms with Crippen molar-refractivity contribution < 1.29 is 9.21 Å². The third-order valence-corrected chi connectivity index (χ3v) is 3.78. The number of carbonyl (C=O) groups excluding carboxylic acids is 1. The molecule has 0 atom stereocenters. The lowest BCUT2D eigenvalue weighted by Gasteiger charge is -2.05. The highest BCUT2D eigenvalue weighted by Gasteiger charge is 2.13. The number of anilines is 1. The molecule has 2 aromatic carbocycles. The Hall–Kier alpha value is -2.04. The lowest BCUT2D eigenvalue weighted by molar-refractivity contribution is -0.116. The largest absolute Gasteiger partial charge is 0.435 e. The minimum absolute atomic E-state index is 0.0166. The second kappa shape index (κ2) is 6.60. The Bertz CT molecular complexity index is 874. The molecular weight excluding hydrogens is 335 g/mol. The van der Waals surface area contributed by atoms with Crippen molar-refractivity contribution in [1.82, 2.24) is 4.98 Å². The average molecular weight is 349 g/mol. The Kier molecular flexibility index (Phi) is 4.55. The van der Waals surface area contributed by atoms with Crippen molar-refractivity contribution in [3.05, 3.63) is 46.4 Å². The summed E-state index contributed by atoms with van der Waals surface area (Å²) in [6.07, 6.45) is 1.29. The Balaban J connectivity index is 1.95. The van der Waals surface area contributed by atoms with Crippen molar-refractivity contribution >= 4 is 45.9 Å². The van der Waals surface area contributed by atoms with Gasteiger partial charge in [-0.1, -0.05) is 36.2 Å². The highest BCUT2D eigenvalue weighted by atomic mass is 35.5. The summed E-state index contributed by atoms with van der Waals surface area (Å²) in [5.74, 6) is 0.410. The van der Waals surface area contributed by atoms with E-state index in [1.54, 1.807) is 12.1 Å². The number of rotatable bonds is 4. The van der Waals surface area contributed by atoms with E-state index < -0.39 is 0 Å². The fraction of sp³-hybridized carbons (Fsp3) is 0.176. The van der Waals surface area contributed by atoms with Gasteiger partial charge in [-0.05, 0) is 36.8 Å². The molecule has 1 aromatic heterocycles. The fourth-order valence-electron chi connectivity index (χ4n) is 2.26. The molecule has 118 valence electrons. The minimum atomic E-state index is -0.0166. The van der Waals surface area contributed by atoms with Crippen LogP contribution in [0.25, 0.3) is 22.6 Å². The molecule has 0 bridgehead atoms. The molecule has 0 saturated heterocycles. The number of nitrogens with zero attached hydrogens (tertiary/aromatic N) is 1. The number of amides is 1. The lowest BCUT2D eigenvalue weighted by atomic mass is 10.2. The van der Waals surface area contributed by atoms with E-state index in [4.69, 9.17) is 27.6 Å². The Morgan fingerprint density at radius 1 is 1.26 bits per heavy atom. The van der Waals surface area contributed by atoms with E-state index in [9.17, 15) is 4.79 Å². The Labute approximate surface area is 143 Å².